The number of hydrogen-bond donors (Lipinski definition) is 2. The molecule has 0 saturated carbocycles. The average Bonchev–Trinajstić information content (AvgIpc) is 2.77. The topological polar surface area (TPSA) is 67.0 Å². The Morgan fingerprint density at radius 3 is 3.25 bits per heavy atom. The summed E-state index contributed by atoms with van der Waals surface area (Å²) in [6.45, 7) is 2.76. The van der Waals surface area contributed by atoms with E-state index in [0.29, 0.717) is 22.9 Å². The lowest BCUT2D eigenvalue weighted by Crippen LogP contribution is -2.14. The molecular weight excluding hydrogens is 274 g/mol. The van der Waals surface area contributed by atoms with Crippen LogP contribution in [0.2, 0.25) is 0 Å². The van der Waals surface area contributed by atoms with E-state index in [-0.39, 0.29) is 5.56 Å². The van der Waals surface area contributed by atoms with Gasteiger partial charge >= 0.3 is 0 Å². The van der Waals surface area contributed by atoms with Gasteiger partial charge in [0.05, 0.1) is 12.9 Å². The smallest absolute Gasteiger partial charge is 0.268 e. The summed E-state index contributed by atoms with van der Waals surface area (Å²) < 4.78 is 5.83. The number of halogens is 1. The number of aromatic nitrogens is 2. The Balaban J connectivity index is 1.84. The maximum absolute atomic E-state index is 11.2. The van der Waals surface area contributed by atoms with Crippen LogP contribution in [-0.2, 0) is 0 Å². The molecule has 0 spiro atoms. The van der Waals surface area contributed by atoms with Crippen molar-refractivity contribution in [3.63, 3.8) is 0 Å². The van der Waals surface area contributed by atoms with Gasteiger partial charge in [-0.3, -0.25) is 4.79 Å². The molecule has 1 fully saturated rings. The number of nitrogens with one attached hydrogen (secondary N) is 2. The minimum atomic E-state index is -0.215. The van der Waals surface area contributed by atoms with Crippen LogP contribution in [-0.4, -0.2) is 29.7 Å². The summed E-state index contributed by atoms with van der Waals surface area (Å²) in [5, 5.41) is 3.31. The summed E-state index contributed by atoms with van der Waals surface area (Å²) >= 11 is 3.15. The molecule has 16 heavy (non-hydrogen) atoms. The maximum Gasteiger partial charge on any atom is 0.268 e. The molecule has 1 aliphatic rings. The van der Waals surface area contributed by atoms with E-state index in [4.69, 9.17) is 4.74 Å². The van der Waals surface area contributed by atoms with E-state index in [9.17, 15) is 4.79 Å². The summed E-state index contributed by atoms with van der Waals surface area (Å²) in [4.78, 5) is 17.7. The van der Waals surface area contributed by atoms with E-state index in [1.807, 2.05) is 0 Å². The number of H-pyrrole nitrogens is 1. The van der Waals surface area contributed by atoms with Crippen molar-refractivity contribution in [1.82, 2.24) is 15.3 Å². The molecule has 88 valence electrons. The zero-order valence-electron chi connectivity index (χ0n) is 8.83. The van der Waals surface area contributed by atoms with Gasteiger partial charge in [0, 0.05) is 0 Å². The molecule has 0 amide bonds. The highest BCUT2D eigenvalue weighted by Crippen LogP contribution is 2.18. The molecule has 6 heteroatoms. The van der Waals surface area contributed by atoms with Gasteiger partial charge in [0.25, 0.3) is 5.56 Å². The van der Waals surface area contributed by atoms with Gasteiger partial charge in [-0.2, -0.15) is 0 Å². The van der Waals surface area contributed by atoms with E-state index >= 15 is 0 Å². The molecule has 1 aromatic rings. The van der Waals surface area contributed by atoms with Gasteiger partial charge in [-0.15, -0.1) is 0 Å². The fourth-order valence-electron chi connectivity index (χ4n) is 1.75. The second kappa shape index (κ2) is 5.45. The van der Waals surface area contributed by atoms with Crippen molar-refractivity contribution in [2.75, 3.05) is 19.7 Å². The second-order valence-corrected chi connectivity index (χ2v) is 4.64. The molecule has 1 aliphatic heterocycles. The molecule has 2 N–H and O–H groups in total. The molecule has 1 aromatic heterocycles. The van der Waals surface area contributed by atoms with Crippen molar-refractivity contribution in [3.05, 3.63) is 21.2 Å². The van der Waals surface area contributed by atoms with Crippen LogP contribution in [0, 0.1) is 5.92 Å². The average molecular weight is 288 g/mol. The van der Waals surface area contributed by atoms with Gasteiger partial charge in [0.2, 0.25) is 5.88 Å². The summed E-state index contributed by atoms with van der Waals surface area (Å²) in [6.07, 6.45) is 3.54. The van der Waals surface area contributed by atoms with Gasteiger partial charge in [-0.25, -0.2) is 4.98 Å². The number of rotatable bonds is 4. The van der Waals surface area contributed by atoms with Crippen LogP contribution in [0.3, 0.4) is 0 Å². The van der Waals surface area contributed by atoms with Gasteiger partial charge in [0.1, 0.15) is 4.47 Å². The van der Waals surface area contributed by atoms with Gasteiger partial charge in [0.15, 0.2) is 0 Å². The monoisotopic (exact) mass is 287 g/mol. The first kappa shape index (κ1) is 11.6. The zero-order valence-corrected chi connectivity index (χ0v) is 10.4. The summed E-state index contributed by atoms with van der Waals surface area (Å²) in [5.41, 5.74) is -0.215. The van der Waals surface area contributed by atoms with Crippen LogP contribution in [0.5, 0.6) is 5.88 Å². The Labute approximate surface area is 102 Å². The van der Waals surface area contributed by atoms with Gasteiger partial charge in [-0.1, -0.05) is 0 Å². The fourth-order valence-corrected chi connectivity index (χ4v) is 2.08. The first-order valence-corrected chi connectivity index (χ1v) is 6.13. The fraction of sp³-hybridized carbons (Fsp3) is 0.600. The standard InChI is InChI=1S/C10H14BrN3O2/c11-8-9(15)13-6-14-10(8)16-4-2-7-1-3-12-5-7/h6-7,12H,1-5H2,(H,13,14,15). The minimum absolute atomic E-state index is 0.215. The van der Waals surface area contributed by atoms with Crippen LogP contribution in [0.25, 0.3) is 0 Å². The molecule has 5 nitrogen and oxygen atoms in total. The molecule has 0 aromatic carbocycles. The van der Waals surface area contributed by atoms with E-state index in [1.54, 1.807) is 0 Å². The van der Waals surface area contributed by atoms with Crippen molar-refractivity contribution in [1.29, 1.82) is 0 Å². The Morgan fingerprint density at radius 2 is 2.50 bits per heavy atom. The lowest BCUT2D eigenvalue weighted by atomic mass is 10.1. The largest absolute Gasteiger partial charge is 0.477 e. The molecule has 0 aliphatic carbocycles. The van der Waals surface area contributed by atoms with E-state index in [2.05, 4.69) is 31.2 Å². The Hall–Kier alpha value is -0.880. The van der Waals surface area contributed by atoms with Gasteiger partial charge in [-0.05, 0) is 47.8 Å². The van der Waals surface area contributed by atoms with Crippen LogP contribution in [0.4, 0.5) is 0 Å². The first-order valence-electron chi connectivity index (χ1n) is 5.34. The van der Waals surface area contributed by atoms with E-state index in [0.717, 1.165) is 19.5 Å². The van der Waals surface area contributed by atoms with Crippen LogP contribution in [0.15, 0.2) is 15.6 Å². The lowest BCUT2D eigenvalue weighted by Gasteiger charge is -2.09. The highest BCUT2D eigenvalue weighted by molar-refractivity contribution is 9.10. The number of ether oxygens (including phenoxy) is 1. The summed E-state index contributed by atoms with van der Waals surface area (Å²) in [6, 6.07) is 0. The predicted octanol–water partition coefficient (Wildman–Crippen LogP) is 0.911. The van der Waals surface area contributed by atoms with Crippen molar-refractivity contribution >= 4 is 15.9 Å². The Morgan fingerprint density at radius 1 is 1.62 bits per heavy atom. The van der Waals surface area contributed by atoms with Crippen LogP contribution >= 0.6 is 15.9 Å². The molecule has 0 bridgehead atoms. The number of nitrogens with zero attached hydrogens (tertiary/aromatic N) is 1. The van der Waals surface area contributed by atoms with Crippen molar-refractivity contribution in [2.45, 2.75) is 12.8 Å². The molecule has 1 atom stereocenters. The third-order valence-corrected chi connectivity index (χ3v) is 3.39. The van der Waals surface area contributed by atoms with Crippen molar-refractivity contribution < 1.29 is 4.74 Å². The molecule has 0 radical (unpaired) electrons. The van der Waals surface area contributed by atoms with Crippen LogP contribution < -0.4 is 15.6 Å². The lowest BCUT2D eigenvalue weighted by molar-refractivity contribution is 0.271. The molecule has 1 saturated heterocycles. The second-order valence-electron chi connectivity index (χ2n) is 3.85. The SMILES string of the molecule is O=c1[nH]cnc(OCCC2CCNC2)c1Br. The molecule has 2 heterocycles. The van der Waals surface area contributed by atoms with Crippen molar-refractivity contribution in [2.24, 2.45) is 5.92 Å². The highest BCUT2D eigenvalue weighted by Gasteiger charge is 2.14. The third-order valence-electron chi connectivity index (χ3n) is 2.69. The Kier molecular flexibility index (Phi) is 3.95. The number of aromatic amines is 1. The molecular formula is C10H14BrN3O2. The molecule has 1 unspecified atom stereocenters. The normalized spacial score (nSPS) is 19.9. The van der Waals surface area contributed by atoms with Crippen molar-refractivity contribution in [3.8, 4) is 5.88 Å². The quantitative estimate of drug-likeness (QED) is 0.864. The van der Waals surface area contributed by atoms with Crippen LogP contribution in [0.1, 0.15) is 12.8 Å². The third kappa shape index (κ3) is 2.82. The summed E-state index contributed by atoms with van der Waals surface area (Å²) in [5.74, 6) is 1.05. The highest BCUT2D eigenvalue weighted by atomic mass is 79.9. The van der Waals surface area contributed by atoms with E-state index in [1.165, 1.54) is 12.7 Å². The van der Waals surface area contributed by atoms with E-state index < -0.39 is 0 Å². The Bertz CT molecular complexity index is 401. The minimum Gasteiger partial charge on any atom is -0.477 e. The zero-order chi connectivity index (χ0) is 11.4. The molecule has 2 rings (SSSR count). The summed E-state index contributed by atoms with van der Waals surface area (Å²) in [7, 11) is 0. The predicted molar refractivity (Wildman–Crippen MR) is 63.6 cm³/mol. The maximum atomic E-state index is 11.2. The number of hydrogen-bond acceptors (Lipinski definition) is 4. The van der Waals surface area contributed by atoms with Gasteiger partial charge < -0.3 is 15.0 Å². The first-order chi connectivity index (χ1) is 7.77.